The molecule has 0 atom stereocenters. The molecule has 6 nitrogen and oxygen atoms in total. The van der Waals surface area contributed by atoms with Crippen LogP contribution >= 0.6 is 0 Å². The molecule has 0 fully saturated rings. The number of nitrogens with zero attached hydrogens (tertiary/aromatic N) is 1. The van der Waals surface area contributed by atoms with Gasteiger partial charge in [0.15, 0.2) is 5.69 Å². The lowest BCUT2D eigenvalue weighted by Crippen LogP contribution is -1.98. The Hall–Kier alpha value is -2.11. The molecule has 0 saturated heterocycles. The molecule has 0 radical (unpaired) electrons. The number of aliphatic carboxylic acids is 1. The fourth-order valence-electron chi connectivity index (χ4n) is 0.880. The zero-order valence-electron chi connectivity index (χ0n) is 7.10. The van der Waals surface area contributed by atoms with Gasteiger partial charge in [-0.1, -0.05) is 12.2 Å². The van der Waals surface area contributed by atoms with Gasteiger partial charge in [-0.15, -0.1) is 0 Å². The number of H-pyrrole nitrogens is 1. The molecule has 6 heteroatoms. The molecule has 1 heterocycles. The molecule has 0 amide bonds. The lowest BCUT2D eigenvalue weighted by Gasteiger charge is -1.89. The molecule has 0 unspecified atom stereocenters. The van der Waals surface area contributed by atoms with Crippen LogP contribution in [0.1, 0.15) is 22.5 Å². The molecule has 3 N–H and O–H groups in total. The number of hydrogen-bond acceptors (Lipinski definition) is 3. The highest BCUT2D eigenvalue weighted by molar-refractivity contribution is 5.89. The zero-order valence-corrected chi connectivity index (χ0v) is 7.10. The van der Waals surface area contributed by atoms with Crippen molar-refractivity contribution in [1.29, 1.82) is 0 Å². The number of aromatic carboxylic acids is 1. The molecule has 0 aromatic carbocycles. The first-order chi connectivity index (χ1) is 6.61. The van der Waals surface area contributed by atoms with Crippen molar-refractivity contribution in [2.75, 3.05) is 0 Å². The number of carboxylic acid groups (broad SMARTS) is 2. The van der Waals surface area contributed by atoms with Crippen LogP contribution in [0, 0.1) is 0 Å². The molecule has 0 saturated carbocycles. The average molecular weight is 196 g/mol. The lowest BCUT2D eigenvalue weighted by molar-refractivity contribution is -0.135. The Morgan fingerprint density at radius 2 is 2.21 bits per heavy atom. The molecular formula is C8H8N2O4. The summed E-state index contributed by atoms with van der Waals surface area (Å²) in [5.74, 6) is -2.10. The molecule has 0 bridgehead atoms. The Bertz CT molecular complexity index is 380. The average Bonchev–Trinajstić information content (AvgIpc) is 2.51. The first-order valence-corrected chi connectivity index (χ1v) is 3.76. The van der Waals surface area contributed by atoms with Gasteiger partial charge in [-0.2, -0.15) is 5.10 Å². The first kappa shape index (κ1) is 9.97. The van der Waals surface area contributed by atoms with Gasteiger partial charge in [-0.05, 0) is 0 Å². The highest BCUT2D eigenvalue weighted by Gasteiger charge is 2.09. The number of aromatic amines is 1. The van der Waals surface area contributed by atoms with Gasteiger partial charge in [0.2, 0.25) is 0 Å². The van der Waals surface area contributed by atoms with Crippen LogP contribution in [0.2, 0.25) is 0 Å². The van der Waals surface area contributed by atoms with Crippen molar-refractivity contribution >= 4 is 18.0 Å². The summed E-state index contributed by atoms with van der Waals surface area (Å²) in [6.07, 6.45) is 3.94. The molecule has 0 aliphatic rings. The molecule has 1 rings (SSSR count). The van der Waals surface area contributed by atoms with Crippen molar-refractivity contribution in [2.45, 2.75) is 6.42 Å². The Kier molecular flexibility index (Phi) is 3.01. The van der Waals surface area contributed by atoms with Gasteiger partial charge in [0.05, 0.1) is 12.6 Å². The Morgan fingerprint density at radius 1 is 1.50 bits per heavy atom. The van der Waals surface area contributed by atoms with E-state index in [0.29, 0.717) is 5.56 Å². The summed E-state index contributed by atoms with van der Waals surface area (Å²) >= 11 is 0. The predicted octanol–water partition coefficient (Wildman–Crippen LogP) is 0.596. The Balaban J connectivity index is 2.76. The summed E-state index contributed by atoms with van der Waals surface area (Å²) in [7, 11) is 0. The maximum atomic E-state index is 10.6. The second kappa shape index (κ2) is 4.22. The SMILES string of the molecule is O=C(O)CC=Cc1cn[nH]c1C(=O)O. The zero-order chi connectivity index (χ0) is 10.6. The van der Waals surface area contributed by atoms with Crippen molar-refractivity contribution in [3.05, 3.63) is 23.5 Å². The molecule has 0 aliphatic carbocycles. The van der Waals surface area contributed by atoms with Crippen LogP contribution in [0.15, 0.2) is 12.3 Å². The van der Waals surface area contributed by atoms with Crippen molar-refractivity contribution in [3.63, 3.8) is 0 Å². The van der Waals surface area contributed by atoms with E-state index in [1.54, 1.807) is 0 Å². The number of nitrogens with one attached hydrogen (secondary N) is 1. The summed E-state index contributed by atoms with van der Waals surface area (Å²) in [5, 5.41) is 22.8. The molecule has 1 aromatic rings. The van der Waals surface area contributed by atoms with Crippen LogP contribution < -0.4 is 0 Å². The minimum Gasteiger partial charge on any atom is -0.481 e. The summed E-state index contributed by atoms with van der Waals surface area (Å²) in [6, 6.07) is 0. The van der Waals surface area contributed by atoms with Crippen LogP contribution in [0.5, 0.6) is 0 Å². The van der Waals surface area contributed by atoms with Crippen LogP contribution in [-0.4, -0.2) is 32.3 Å². The first-order valence-electron chi connectivity index (χ1n) is 3.76. The van der Waals surface area contributed by atoms with E-state index in [1.807, 2.05) is 0 Å². The van der Waals surface area contributed by atoms with Crippen molar-refractivity contribution in [2.24, 2.45) is 0 Å². The molecule has 1 aromatic heterocycles. The Morgan fingerprint density at radius 3 is 2.79 bits per heavy atom. The minimum atomic E-state index is -1.13. The third-order valence-corrected chi connectivity index (χ3v) is 1.47. The molecule has 14 heavy (non-hydrogen) atoms. The Labute approximate surface area is 78.9 Å². The van der Waals surface area contributed by atoms with E-state index < -0.39 is 11.9 Å². The van der Waals surface area contributed by atoms with E-state index in [9.17, 15) is 9.59 Å². The number of hydrogen-bond donors (Lipinski definition) is 3. The third-order valence-electron chi connectivity index (χ3n) is 1.47. The van der Waals surface area contributed by atoms with Gasteiger partial charge >= 0.3 is 11.9 Å². The quantitative estimate of drug-likeness (QED) is 0.654. The number of carbonyl (C=O) groups is 2. The second-order valence-corrected chi connectivity index (χ2v) is 2.51. The topological polar surface area (TPSA) is 103 Å². The summed E-state index contributed by atoms with van der Waals surface area (Å²) in [5.41, 5.74) is 0.311. The van der Waals surface area contributed by atoms with Gasteiger partial charge in [0.25, 0.3) is 0 Å². The van der Waals surface area contributed by atoms with Crippen LogP contribution in [0.25, 0.3) is 6.08 Å². The summed E-state index contributed by atoms with van der Waals surface area (Å²) < 4.78 is 0. The van der Waals surface area contributed by atoms with Gasteiger partial charge < -0.3 is 10.2 Å². The highest BCUT2D eigenvalue weighted by atomic mass is 16.4. The van der Waals surface area contributed by atoms with E-state index >= 15 is 0 Å². The highest BCUT2D eigenvalue weighted by Crippen LogP contribution is 2.07. The van der Waals surface area contributed by atoms with Crippen LogP contribution in [0.3, 0.4) is 0 Å². The van der Waals surface area contributed by atoms with Crippen LogP contribution in [0.4, 0.5) is 0 Å². The molecular weight excluding hydrogens is 188 g/mol. The monoisotopic (exact) mass is 196 g/mol. The maximum absolute atomic E-state index is 10.6. The predicted molar refractivity (Wildman–Crippen MR) is 46.8 cm³/mol. The number of carboxylic acids is 2. The summed E-state index contributed by atoms with van der Waals surface area (Å²) in [6.45, 7) is 0. The van der Waals surface area contributed by atoms with E-state index in [1.165, 1.54) is 18.3 Å². The van der Waals surface area contributed by atoms with Crippen molar-refractivity contribution < 1.29 is 19.8 Å². The van der Waals surface area contributed by atoms with E-state index in [0.717, 1.165) is 0 Å². The standard InChI is InChI=1S/C8H8N2O4/c11-6(12)3-1-2-5-4-9-10-7(5)8(13)14/h1-2,4H,3H2,(H,9,10)(H,11,12)(H,13,14). The maximum Gasteiger partial charge on any atom is 0.354 e. The van der Waals surface area contributed by atoms with E-state index in [-0.39, 0.29) is 12.1 Å². The molecule has 0 aliphatic heterocycles. The normalized spacial score (nSPS) is 10.6. The largest absolute Gasteiger partial charge is 0.481 e. The molecule has 74 valence electrons. The van der Waals surface area contributed by atoms with Crippen molar-refractivity contribution in [1.82, 2.24) is 10.2 Å². The fourth-order valence-corrected chi connectivity index (χ4v) is 0.880. The summed E-state index contributed by atoms with van der Waals surface area (Å²) in [4.78, 5) is 20.7. The van der Waals surface area contributed by atoms with Gasteiger partial charge in [0, 0.05) is 5.56 Å². The molecule has 0 spiro atoms. The van der Waals surface area contributed by atoms with Gasteiger partial charge in [-0.25, -0.2) is 4.79 Å². The smallest absolute Gasteiger partial charge is 0.354 e. The number of rotatable bonds is 4. The van der Waals surface area contributed by atoms with E-state index in [2.05, 4.69) is 10.2 Å². The second-order valence-electron chi connectivity index (χ2n) is 2.51. The third kappa shape index (κ3) is 2.44. The van der Waals surface area contributed by atoms with E-state index in [4.69, 9.17) is 10.2 Å². The van der Waals surface area contributed by atoms with Gasteiger partial charge in [-0.3, -0.25) is 9.89 Å². The van der Waals surface area contributed by atoms with Gasteiger partial charge in [0.1, 0.15) is 0 Å². The van der Waals surface area contributed by atoms with Crippen LogP contribution in [-0.2, 0) is 4.79 Å². The lowest BCUT2D eigenvalue weighted by atomic mass is 10.2. The van der Waals surface area contributed by atoms with Crippen molar-refractivity contribution in [3.8, 4) is 0 Å². The minimum absolute atomic E-state index is 0.0494. The number of aromatic nitrogens is 2. The fraction of sp³-hybridized carbons (Fsp3) is 0.125.